The Labute approximate surface area is 112 Å². The number of fused-ring (bicyclic) bond motifs is 1. The van der Waals surface area contributed by atoms with Gasteiger partial charge in [0.1, 0.15) is 0 Å². The standard InChI is InChI=1S/C15H17ClN2/c16-14-3-4-15-13(8-14)7-12(10-18-15)6-11-2-1-5-17-9-11/h3-4,7-8,10-11,17H,1-2,5-6,9H2. The maximum Gasteiger partial charge on any atom is 0.0703 e. The molecule has 18 heavy (non-hydrogen) atoms. The van der Waals surface area contributed by atoms with E-state index in [0.29, 0.717) is 0 Å². The minimum absolute atomic E-state index is 0.747. The van der Waals surface area contributed by atoms with E-state index in [1.807, 2.05) is 24.4 Å². The molecule has 0 bridgehead atoms. The average molecular weight is 261 g/mol. The van der Waals surface area contributed by atoms with Gasteiger partial charge in [-0.15, -0.1) is 0 Å². The molecule has 1 aliphatic rings. The molecule has 0 radical (unpaired) electrons. The predicted octanol–water partition coefficient (Wildman–Crippen LogP) is 3.43. The Morgan fingerprint density at radius 1 is 1.33 bits per heavy atom. The Kier molecular flexibility index (Phi) is 3.48. The van der Waals surface area contributed by atoms with Gasteiger partial charge in [-0.1, -0.05) is 11.6 Å². The molecule has 1 fully saturated rings. The monoisotopic (exact) mass is 260 g/mol. The molecule has 1 saturated heterocycles. The number of halogens is 1. The van der Waals surface area contributed by atoms with Gasteiger partial charge < -0.3 is 5.32 Å². The molecular weight excluding hydrogens is 244 g/mol. The van der Waals surface area contributed by atoms with Crippen LogP contribution in [0.3, 0.4) is 0 Å². The molecule has 0 amide bonds. The van der Waals surface area contributed by atoms with E-state index >= 15 is 0 Å². The SMILES string of the molecule is Clc1ccc2ncc(CC3CCCNC3)cc2c1. The maximum absolute atomic E-state index is 6.03. The van der Waals surface area contributed by atoms with Gasteiger partial charge in [-0.3, -0.25) is 4.98 Å². The molecular formula is C15H17ClN2. The summed E-state index contributed by atoms with van der Waals surface area (Å²) in [4.78, 5) is 4.51. The molecule has 1 aromatic heterocycles. The average Bonchev–Trinajstić information content (AvgIpc) is 2.39. The molecule has 0 spiro atoms. The van der Waals surface area contributed by atoms with Crippen molar-refractivity contribution >= 4 is 22.5 Å². The van der Waals surface area contributed by atoms with E-state index in [-0.39, 0.29) is 0 Å². The zero-order chi connectivity index (χ0) is 12.4. The second-order valence-corrected chi connectivity index (χ2v) is 5.53. The Bertz CT molecular complexity index is 547. The van der Waals surface area contributed by atoms with Crippen LogP contribution in [0.4, 0.5) is 0 Å². The van der Waals surface area contributed by atoms with Crippen LogP contribution in [0.25, 0.3) is 10.9 Å². The van der Waals surface area contributed by atoms with Crippen LogP contribution >= 0.6 is 11.6 Å². The molecule has 3 rings (SSSR count). The molecule has 3 heteroatoms. The Balaban J connectivity index is 1.83. The lowest BCUT2D eigenvalue weighted by molar-refractivity contribution is 0.376. The van der Waals surface area contributed by atoms with Crippen LogP contribution in [0.5, 0.6) is 0 Å². The number of nitrogens with zero attached hydrogens (tertiary/aromatic N) is 1. The topological polar surface area (TPSA) is 24.9 Å². The van der Waals surface area contributed by atoms with E-state index in [2.05, 4.69) is 16.4 Å². The van der Waals surface area contributed by atoms with Gasteiger partial charge in [-0.05, 0) is 68.1 Å². The molecule has 1 aliphatic heterocycles. The van der Waals surface area contributed by atoms with Crippen LogP contribution in [0.1, 0.15) is 18.4 Å². The molecule has 94 valence electrons. The van der Waals surface area contributed by atoms with Crippen molar-refractivity contribution in [1.82, 2.24) is 10.3 Å². The third-order valence-corrected chi connectivity index (χ3v) is 3.86. The van der Waals surface area contributed by atoms with E-state index < -0.39 is 0 Å². The van der Waals surface area contributed by atoms with Gasteiger partial charge in [-0.25, -0.2) is 0 Å². The number of nitrogens with one attached hydrogen (secondary N) is 1. The number of pyridine rings is 1. The number of benzene rings is 1. The fourth-order valence-electron chi connectivity index (χ4n) is 2.69. The molecule has 0 aliphatic carbocycles. The fourth-order valence-corrected chi connectivity index (χ4v) is 2.87. The lowest BCUT2D eigenvalue weighted by Crippen LogP contribution is -2.30. The van der Waals surface area contributed by atoms with E-state index in [4.69, 9.17) is 11.6 Å². The highest BCUT2D eigenvalue weighted by atomic mass is 35.5. The van der Waals surface area contributed by atoms with Crippen molar-refractivity contribution in [2.24, 2.45) is 5.92 Å². The van der Waals surface area contributed by atoms with Gasteiger partial charge in [0.15, 0.2) is 0 Å². The van der Waals surface area contributed by atoms with Crippen LogP contribution in [-0.4, -0.2) is 18.1 Å². The summed E-state index contributed by atoms with van der Waals surface area (Å²) in [5.74, 6) is 0.747. The number of rotatable bonds is 2. The van der Waals surface area contributed by atoms with Crippen molar-refractivity contribution < 1.29 is 0 Å². The molecule has 1 aromatic carbocycles. The van der Waals surface area contributed by atoms with E-state index in [1.54, 1.807) is 0 Å². The van der Waals surface area contributed by atoms with Crippen molar-refractivity contribution in [2.75, 3.05) is 13.1 Å². The van der Waals surface area contributed by atoms with Crippen molar-refractivity contribution in [3.63, 3.8) is 0 Å². The highest BCUT2D eigenvalue weighted by molar-refractivity contribution is 6.31. The summed E-state index contributed by atoms with van der Waals surface area (Å²) in [6.07, 6.45) is 5.73. The zero-order valence-electron chi connectivity index (χ0n) is 10.3. The van der Waals surface area contributed by atoms with Gasteiger partial charge >= 0.3 is 0 Å². The second kappa shape index (κ2) is 5.25. The third kappa shape index (κ3) is 2.65. The van der Waals surface area contributed by atoms with E-state index in [1.165, 1.54) is 24.9 Å². The summed E-state index contributed by atoms with van der Waals surface area (Å²) in [7, 11) is 0. The van der Waals surface area contributed by atoms with E-state index in [0.717, 1.165) is 34.8 Å². The van der Waals surface area contributed by atoms with Gasteiger partial charge in [0.05, 0.1) is 5.52 Å². The zero-order valence-corrected chi connectivity index (χ0v) is 11.1. The minimum atomic E-state index is 0.747. The lowest BCUT2D eigenvalue weighted by Gasteiger charge is -2.22. The number of hydrogen-bond donors (Lipinski definition) is 1. The summed E-state index contributed by atoms with van der Waals surface area (Å²) in [6, 6.07) is 8.08. The summed E-state index contributed by atoms with van der Waals surface area (Å²) in [6.45, 7) is 2.30. The summed E-state index contributed by atoms with van der Waals surface area (Å²) in [5.41, 5.74) is 2.34. The van der Waals surface area contributed by atoms with Crippen LogP contribution in [0, 0.1) is 5.92 Å². The molecule has 1 N–H and O–H groups in total. The molecule has 2 heterocycles. The first-order valence-electron chi connectivity index (χ1n) is 6.56. The number of aromatic nitrogens is 1. The molecule has 2 aromatic rings. The second-order valence-electron chi connectivity index (χ2n) is 5.10. The third-order valence-electron chi connectivity index (χ3n) is 3.62. The van der Waals surface area contributed by atoms with Crippen molar-refractivity contribution in [3.8, 4) is 0 Å². The smallest absolute Gasteiger partial charge is 0.0703 e. The highest BCUT2D eigenvalue weighted by Gasteiger charge is 2.13. The highest BCUT2D eigenvalue weighted by Crippen LogP contribution is 2.21. The maximum atomic E-state index is 6.03. The number of hydrogen-bond acceptors (Lipinski definition) is 2. The summed E-state index contributed by atoms with van der Waals surface area (Å²) >= 11 is 6.03. The van der Waals surface area contributed by atoms with Crippen LogP contribution in [0.2, 0.25) is 5.02 Å². The Hall–Kier alpha value is -1.12. The lowest BCUT2D eigenvalue weighted by atomic mass is 9.92. The fraction of sp³-hybridized carbons (Fsp3) is 0.400. The summed E-state index contributed by atoms with van der Waals surface area (Å²) in [5, 5.41) is 5.38. The molecule has 1 unspecified atom stereocenters. The quantitative estimate of drug-likeness (QED) is 0.895. The van der Waals surface area contributed by atoms with Crippen LogP contribution in [-0.2, 0) is 6.42 Å². The Morgan fingerprint density at radius 2 is 2.28 bits per heavy atom. The largest absolute Gasteiger partial charge is 0.316 e. The molecule has 1 atom stereocenters. The van der Waals surface area contributed by atoms with Crippen molar-refractivity contribution in [3.05, 3.63) is 41.0 Å². The Morgan fingerprint density at radius 3 is 3.11 bits per heavy atom. The molecule has 2 nitrogen and oxygen atoms in total. The first-order chi connectivity index (χ1) is 8.81. The predicted molar refractivity (Wildman–Crippen MR) is 76.1 cm³/mol. The van der Waals surface area contributed by atoms with Gasteiger partial charge in [0.25, 0.3) is 0 Å². The van der Waals surface area contributed by atoms with Crippen LogP contribution < -0.4 is 5.32 Å². The van der Waals surface area contributed by atoms with Crippen molar-refractivity contribution in [2.45, 2.75) is 19.3 Å². The van der Waals surface area contributed by atoms with Gasteiger partial charge in [-0.2, -0.15) is 0 Å². The normalized spacial score (nSPS) is 20.2. The van der Waals surface area contributed by atoms with Gasteiger partial charge in [0.2, 0.25) is 0 Å². The van der Waals surface area contributed by atoms with E-state index in [9.17, 15) is 0 Å². The minimum Gasteiger partial charge on any atom is -0.316 e. The molecule has 0 saturated carbocycles. The summed E-state index contributed by atoms with van der Waals surface area (Å²) < 4.78 is 0. The number of piperidine rings is 1. The first-order valence-corrected chi connectivity index (χ1v) is 6.94. The van der Waals surface area contributed by atoms with Gasteiger partial charge in [0, 0.05) is 16.6 Å². The van der Waals surface area contributed by atoms with Crippen molar-refractivity contribution in [1.29, 1.82) is 0 Å². The van der Waals surface area contributed by atoms with Crippen LogP contribution in [0.15, 0.2) is 30.5 Å². The first kappa shape index (κ1) is 11.9.